The van der Waals surface area contributed by atoms with Gasteiger partial charge in [0.1, 0.15) is 6.10 Å². The second-order valence-corrected chi connectivity index (χ2v) is 8.02. The fourth-order valence-corrected chi connectivity index (χ4v) is 4.20. The predicted molar refractivity (Wildman–Crippen MR) is 120 cm³/mol. The molecule has 31 heavy (non-hydrogen) atoms. The van der Waals surface area contributed by atoms with E-state index in [1.165, 1.54) is 10.6 Å². The molecule has 2 aromatic heterocycles. The van der Waals surface area contributed by atoms with Crippen LogP contribution in [0.25, 0.3) is 11.3 Å². The molecule has 0 radical (unpaired) electrons. The molecule has 0 aliphatic carbocycles. The number of carbonyl (C=O) groups is 1. The van der Waals surface area contributed by atoms with E-state index in [9.17, 15) is 9.59 Å². The zero-order valence-electron chi connectivity index (χ0n) is 18.3. The van der Waals surface area contributed by atoms with Gasteiger partial charge in [-0.2, -0.15) is 0 Å². The van der Waals surface area contributed by atoms with Crippen molar-refractivity contribution >= 4 is 11.7 Å². The molecular formula is C24H26N4O3. The van der Waals surface area contributed by atoms with E-state index >= 15 is 0 Å². The number of rotatable bonds is 4. The molecule has 1 fully saturated rings. The molecule has 7 heteroatoms. The molecule has 3 aromatic rings. The van der Waals surface area contributed by atoms with Crippen molar-refractivity contribution in [3.63, 3.8) is 0 Å². The van der Waals surface area contributed by atoms with Crippen LogP contribution in [0.3, 0.4) is 0 Å². The predicted octanol–water partition coefficient (Wildman–Crippen LogP) is 2.86. The average Bonchev–Trinajstić information content (AvgIpc) is 2.75. The van der Waals surface area contributed by atoms with Crippen molar-refractivity contribution in [1.29, 1.82) is 0 Å². The quantitative estimate of drug-likeness (QED) is 0.607. The number of anilines is 1. The van der Waals surface area contributed by atoms with E-state index in [2.05, 4.69) is 4.98 Å². The molecule has 0 N–H and O–H groups in total. The summed E-state index contributed by atoms with van der Waals surface area (Å²) >= 11 is 0. The lowest BCUT2D eigenvalue weighted by Gasteiger charge is -2.34. The fraction of sp³-hybridized carbons (Fsp3) is 0.333. The van der Waals surface area contributed by atoms with E-state index in [4.69, 9.17) is 9.72 Å². The molecule has 1 aliphatic rings. The van der Waals surface area contributed by atoms with Gasteiger partial charge in [-0.1, -0.05) is 17.7 Å². The molecule has 3 heterocycles. The van der Waals surface area contributed by atoms with Crippen LogP contribution in [0.15, 0.2) is 47.5 Å². The van der Waals surface area contributed by atoms with Gasteiger partial charge in [0, 0.05) is 43.2 Å². The summed E-state index contributed by atoms with van der Waals surface area (Å²) in [6, 6.07) is 9.19. The van der Waals surface area contributed by atoms with Gasteiger partial charge in [0.2, 0.25) is 5.95 Å². The second kappa shape index (κ2) is 8.43. The SMILES string of the molecule is Cc1cc(C)c(C(=O)C2CN(c3nc(-c4ccncc4)cc(=O)n3C)CCO2)c(C)c1. The number of carbonyl (C=O) groups excluding carboxylic acids is 1. The Morgan fingerprint density at radius 1 is 1.10 bits per heavy atom. The number of ketones is 1. The van der Waals surface area contributed by atoms with Gasteiger partial charge in [0.05, 0.1) is 18.8 Å². The lowest BCUT2D eigenvalue weighted by Crippen LogP contribution is -2.48. The monoisotopic (exact) mass is 418 g/mol. The van der Waals surface area contributed by atoms with Crippen LogP contribution in [-0.4, -0.2) is 46.1 Å². The highest BCUT2D eigenvalue weighted by molar-refractivity contribution is 6.02. The number of morpholine rings is 1. The van der Waals surface area contributed by atoms with Crippen molar-refractivity contribution in [2.45, 2.75) is 26.9 Å². The largest absolute Gasteiger partial charge is 0.366 e. The number of aryl methyl sites for hydroxylation is 3. The normalized spacial score (nSPS) is 16.4. The van der Waals surface area contributed by atoms with Gasteiger partial charge in [-0.05, 0) is 44.0 Å². The van der Waals surface area contributed by atoms with Crippen LogP contribution >= 0.6 is 0 Å². The molecular weight excluding hydrogens is 392 g/mol. The maximum Gasteiger partial charge on any atom is 0.255 e. The van der Waals surface area contributed by atoms with Crippen molar-refractivity contribution in [3.05, 3.63) is 75.3 Å². The summed E-state index contributed by atoms with van der Waals surface area (Å²) in [5, 5.41) is 0. The molecule has 1 atom stereocenters. The third-order valence-electron chi connectivity index (χ3n) is 5.65. The summed E-state index contributed by atoms with van der Waals surface area (Å²) in [6.07, 6.45) is 2.73. The number of pyridine rings is 1. The third kappa shape index (κ3) is 4.14. The summed E-state index contributed by atoms with van der Waals surface area (Å²) in [7, 11) is 1.70. The Morgan fingerprint density at radius 2 is 1.77 bits per heavy atom. The number of hydrogen-bond donors (Lipinski definition) is 0. The zero-order valence-corrected chi connectivity index (χ0v) is 18.3. The van der Waals surface area contributed by atoms with E-state index in [0.717, 1.165) is 22.3 Å². The van der Waals surface area contributed by atoms with Crippen LogP contribution in [0.4, 0.5) is 5.95 Å². The first-order chi connectivity index (χ1) is 14.8. The Hall–Kier alpha value is -3.32. The van der Waals surface area contributed by atoms with Crippen LogP contribution < -0.4 is 10.5 Å². The second-order valence-electron chi connectivity index (χ2n) is 8.02. The molecule has 0 spiro atoms. The van der Waals surface area contributed by atoms with Gasteiger partial charge in [-0.3, -0.25) is 19.1 Å². The molecule has 0 bridgehead atoms. The van der Waals surface area contributed by atoms with E-state index in [-0.39, 0.29) is 11.3 Å². The lowest BCUT2D eigenvalue weighted by molar-refractivity contribution is 0.0335. The Morgan fingerprint density at radius 3 is 2.45 bits per heavy atom. The molecule has 1 unspecified atom stereocenters. The number of nitrogens with zero attached hydrogens (tertiary/aromatic N) is 4. The zero-order chi connectivity index (χ0) is 22.1. The highest BCUT2D eigenvalue weighted by Crippen LogP contribution is 2.23. The Balaban J connectivity index is 1.66. The van der Waals surface area contributed by atoms with Crippen LogP contribution in [0.5, 0.6) is 0 Å². The highest BCUT2D eigenvalue weighted by Gasteiger charge is 2.31. The summed E-state index contributed by atoms with van der Waals surface area (Å²) in [5.74, 6) is 0.493. The molecule has 0 saturated carbocycles. The summed E-state index contributed by atoms with van der Waals surface area (Å²) in [5.41, 5.74) is 4.99. The first kappa shape index (κ1) is 20.9. The minimum atomic E-state index is -0.615. The number of ether oxygens (including phenoxy) is 1. The van der Waals surface area contributed by atoms with Gasteiger partial charge in [0.25, 0.3) is 5.56 Å². The first-order valence-corrected chi connectivity index (χ1v) is 10.3. The van der Waals surface area contributed by atoms with Gasteiger partial charge >= 0.3 is 0 Å². The van der Waals surface area contributed by atoms with E-state index in [1.54, 1.807) is 19.4 Å². The van der Waals surface area contributed by atoms with Crippen molar-refractivity contribution in [2.75, 3.05) is 24.6 Å². The number of aromatic nitrogens is 3. The molecule has 0 amide bonds. The van der Waals surface area contributed by atoms with Gasteiger partial charge in [-0.25, -0.2) is 4.98 Å². The molecule has 160 valence electrons. The van der Waals surface area contributed by atoms with Crippen molar-refractivity contribution in [3.8, 4) is 11.3 Å². The highest BCUT2D eigenvalue weighted by atomic mass is 16.5. The summed E-state index contributed by atoms with van der Waals surface area (Å²) in [4.78, 5) is 36.7. The number of Topliss-reactive ketones (excluding diaryl/α,β-unsaturated/α-hetero) is 1. The fourth-order valence-electron chi connectivity index (χ4n) is 4.20. The Bertz CT molecular complexity index is 1160. The topological polar surface area (TPSA) is 77.3 Å². The average molecular weight is 418 g/mol. The molecule has 1 saturated heterocycles. The summed E-state index contributed by atoms with van der Waals surface area (Å²) < 4.78 is 7.37. The standard InChI is InChI=1S/C24H26N4O3/c1-15-11-16(2)22(17(3)12-15)23(30)20-14-28(9-10-31-20)24-26-19(13-21(29)27(24)4)18-5-7-25-8-6-18/h5-8,11-13,20H,9-10,14H2,1-4H3. The van der Waals surface area contributed by atoms with Crippen LogP contribution in [-0.2, 0) is 11.8 Å². The maximum atomic E-state index is 13.3. The van der Waals surface area contributed by atoms with Gasteiger partial charge in [-0.15, -0.1) is 0 Å². The van der Waals surface area contributed by atoms with Crippen LogP contribution in [0, 0.1) is 20.8 Å². The molecule has 1 aromatic carbocycles. The van der Waals surface area contributed by atoms with Crippen molar-refractivity contribution in [1.82, 2.24) is 14.5 Å². The van der Waals surface area contributed by atoms with E-state index in [1.807, 2.05) is 49.9 Å². The first-order valence-electron chi connectivity index (χ1n) is 10.3. The van der Waals surface area contributed by atoms with E-state index in [0.29, 0.717) is 36.9 Å². The minimum absolute atomic E-state index is 0.0324. The summed E-state index contributed by atoms with van der Waals surface area (Å²) in [6.45, 7) is 7.21. The van der Waals surface area contributed by atoms with Gasteiger partial charge < -0.3 is 9.64 Å². The lowest BCUT2D eigenvalue weighted by atomic mass is 9.93. The third-order valence-corrected chi connectivity index (χ3v) is 5.65. The van der Waals surface area contributed by atoms with Crippen LogP contribution in [0.1, 0.15) is 27.0 Å². The Labute approximate surface area is 181 Å². The molecule has 4 rings (SSSR count). The smallest absolute Gasteiger partial charge is 0.255 e. The van der Waals surface area contributed by atoms with E-state index < -0.39 is 6.10 Å². The molecule has 7 nitrogen and oxygen atoms in total. The number of benzene rings is 1. The van der Waals surface area contributed by atoms with Gasteiger partial charge in [0.15, 0.2) is 5.78 Å². The van der Waals surface area contributed by atoms with Crippen molar-refractivity contribution < 1.29 is 9.53 Å². The number of hydrogen-bond acceptors (Lipinski definition) is 6. The van der Waals surface area contributed by atoms with Crippen LogP contribution in [0.2, 0.25) is 0 Å². The molecule has 1 aliphatic heterocycles. The maximum absolute atomic E-state index is 13.3. The minimum Gasteiger partial charge on any atom is -0.366 e. The Kier molecular flexibility index (Phi) is 5.69. The van der Waals surface area contributed by atoms with Crippen molar-refractivity contribution in [2.24, 2.45) is 7.05 Å².